The maximum atomic E-state index is 11.3. The van der Waals surface area contributed by atoms with Crippen molar-refractivity contribution in [2.24, 2.45) is 0 Å². The third kappa shape index (κ3) is 9.47. The largest absolute Gasteiger partial charge is 0.469 e. The van der Waals surface area contributed by atoms with Crippen molar-refractivity contribution in [3.8, 4) is 0 Å². The van der Waals surface area contributed by atoms with Crippen LogP contribution < -0.4 is 0 Å². The normalized spacial score (nSPS) is 10.6. The molecule has 0 spiro atoms. The summed E-state index contributed by atoms with van der Waals surface area (Å²) >= 11 is 0. The van der Waals surface area contributed by atoms with Crippen molar-refractivity contribution in [2.75, 3.05) is 39.6 Å². The molecular weight excluding hydrogens is 336 g/mol. The molecule has 8 heteroatoms. The molecule has 0 aliphatic carbocycles. The number of carbonyl (C=O) groups excluding carboxylic acids is 2. The minimum absolute atomic E-state index is 0.247. The van der Waals surface area contributed by atoms with E-state index in [4.69, 9.17) is 0 Å². The molecule has 0 atom stereocenters. The molecule has 1 rings (SSSR count). The highest BCUT2D eigenvalue weighted by atomic mass is 33.1. The fraction of sp³-hybridized carbons (Fsp3) is 0.533. The van der Waals surface area contributed by atoms with Crippen molar-refractivity contribution in [2.45, 2.75) is 17.9 Å². The van der Waals surface area contributed by atoms with Gasteiger partial charge in [-0.3, -0.25) is 9.59 Å². The summed E-state index contributed by atoms with van der Waals surface area (Å²) in [5, 5.41) is 0.966. The highest BCUT2D eigenvalue weighted by Crippen LogP contribution is 2.28. The molecule has 1 heterocycles. The van der Waals surface area contributed by atoms with Crippen LogP contribution in [0.25, 0.3) is 0 Å². The Bertz CT molecular complexity index is 454. The zero-order chi connectivity index (χ0) is 16.9. The number of rotatable bonds is 11. The van der Waals surface area contributed by atoms with Gasteiger partial charge in [0.25, 0.3) is 0 Å². The molecule has 0 radical (unpaired) electrons. The van der Waals surface area contributed by atoms with E-state index in [9.17, 15) is 9.59 Å². The van der Waals surface area contributed by atoms with Gasteiger partial charge in [-0.2, -0.15) is 0 Å². The van der Waals surface area contributed by atoms with Gasteiger partial charge >= 0.3 is 11.9 Å². The maximum absolute atomic E-state index is 11.3. The zero-order valence-corrected chi connectivity index (χ0v) is 15.0. The number of hydrogen-bond acceptors (Lipinski definition) is 8. The second-order valence-electron chi connectivity index (χ2n) is 4.57. The van der Waals surface area contributed by atoms with E-state index < -0.39 is 0 Å². The van der Waals surface area contributed by atoms with Gasteiger partial charge in [0.1, 0.15) is 5.03 Å². The summed E-state index contributed by atoms with van der Waals surface area (Å²) in [6.07, 6.45) is 2.40. The van der Waals surface area contributed by atoms with Crippen LogP contribution in [0.2, 0.25) is 0 Å². The average Bonchev–Trinajstić information content (AvgIpc) is 2.60. The number of ether oxygens (including phenoxy) is 2. The van der Waals surface area contributed by atoms with E-state index >= 15 is 0 Å². The van der Waals surface area contributed by atoms with E-state index in [0.29, 0.717) is 25.9 Å². The first-order chi connectivity index (χ1) is 11.2. The van der Waals surface area contributed by atoms with Crippen LogP contribution in [0.5, 0.6) is 0 Å². The van der Waals surface area contributed by atoms with Crippen LogP contribution in [0.3, 0.4) is 0 Å². The van der Waals surface area contributed by atoms with Crippen LogP contribution in [0.1, 0.15) is 12.8 Å². The maximum Gasteiger partial charge on any atom is 0.306 e. The monoisotopic (exact) mass is 358 g/mol. The first-order valence-electron chi connectivity index (χ1n) is 7.22. The van der Waals surface area contributed by atoms with Gasteiger partial charge in [-0.1, -0.05) is 16.9 Å². The minimum Gasteiger partial charge on any atom is -0.469 e. The van der Waals surface area contributed by atoms with Gasteiger partial charge in [0.15, 0.2) is 0 Å². The standard InChI is InChI=1S/C15H22N2O4S2/c1-20-14(18)6-9-17(10-7-15(19)21-2)11-12-22-23-13-5-3-4-8-16-13/h3-5,8H,6-7,9-12H2,1-2H3. The second-order valence-corrected chi connectivity index (χ2v) is 7.00. The number of carbonyl (C=O) groups is 2. The lowest BCUT2D eigenvalue weighted by molar-refractivity contribution is -0.141. The molecule has 0 aliphatic heterocycles. The first kappa shape index (κ1) is 19.8. The average molecular weight is 358 g/mol. The SMILES string of the molecule is COC(=O)CCN(CCSSc1ccccn1)CCC(=O)OC. The topological polar surface area (TPSA) is 68.7 Å². The minimum atomic E-state index is -0.247. The molecule has 23 heavy (non-hydrogen) atoms. The molecule has 0 saturated carbocycles. The highest BCUT2D eigenvalue weighted by molar-refractivity contribution is 8.76. The van der Waals surface area contributed by atoms with Gasteiger partial charge in [-0.25, -0.2) is 4.98 Å². The molecule has 0 fully saturated rings. The summed E-state index contributed by atoms with van der Waals surface area (Å²) in [6.45, 7) is 1.91. The number of hydrogen-bond donors (Lipinski definition) is 0. The predicted molar refractivity (Wildman–Crippen MR) is 92.3 cm³/mol. The van der Waals surface area contributed by atoms with Crippen LogP contribution >= 0.6 is 21.6 Å². The Morgan fingerprint density at radius 2 is 1.74 bits per heavy atom. The molecule has 1 aromatic rings. The van der Waals surface area contributed by atoms with Crippen LogP contribution in [0.4, 0.5) is 0 Å². The van der Waals surface area contributed by atoms with E-state index in [1.165, 1.54) is 14.2 Å². The molecule has 6 nitrogen and oxygen atoms in total. The molecule has 0 amide bonds. The first-order valence-corrected chi connectivity index (χ1v) is 9.54. The van der Waals surface area contributed by atoms with Gasteiger partial charge in [0.2, 0.25) is 0 Å². The molecular formula is C15H22N2O4S2. The molecule has 0 N–H and O–H groups in total. The van der Waals surface area contributed by atoms with Gasteiger partial charge in [-0.05, 0) is 22.9 Å². The van der Waals surface area contributed by atoms with E-state index in [2.05, 4.69) is 19.4 Å². The summed E-state index contributed by atoms with van der Waals surface area (Å²) in [4.78, 5) is 28.8. The highest BCUT2D eigenvalue weighted by Gasteiger charge is 2.11. The van der Waals surface area contributed by atoms with Crippen LogP contribution in [-0.2, 0) is 19.1 Å². The number of pyridine rings is 1. The van der Waals surface area contributed by atoms with Gasteiger partial charge in [0, 0.05) is 31.6 Å². The fourth-order valence-corrected chi connectivity index (χ4v) is 3.61. The van der Waals surface area contributed by atoms with Crippen molar-refractivity contribution in [1.29, 1.82) is 0 Å². The summed E-state index contributed by atoms with van der Waals surface area (Å²) in [5.74, 6) is 0.371. The quantitative estimate of drug-likeness (QED) is 0.339. The van der Waals surface area contributed by atoms with Crippen LogP contribution in [0.15, 0.2) is 29.4 Å². The summed E-state index contributed by atoms with van der Waals surface area (Å²) in [6, 6.07) is 5.80. The Morgan fingerprint density at radius 1 is 1.09 bits per heavy atom. The predicted octanol–water partition coefficient (Wildman–Crippen LogP) is 2.25. The van der Waals surface area contributed by atoms with Gasteiger partial charge < -0.3 is 14.4 Å². The number of aromatic nitrogens is 1. The van der Waals surface area contributed by atoms with Crippen LogP contribution in [0, 0.1) is 0 Å². The fourth-order valence-electron chi connectivity index (χ4n) is 1.70. The van der Waals surface area contributed by atoms with Crippen molar-refractivity contribution in [3.63, 3.8) is 0 Å². The Balaban J connectivity index is 2.32. The second kappa shape index (κ2) is 12.2. The third-order valence-corrected chi connectivity index (χ3v) is 5.24. The molecule has 0 aromatic carbocycles. The lowest BCUT2D eigenvalue weighted by Crippen LogP contribution is -2.31. The molecule has 0 bridgehead atoms. The lowest BCUT2D eigenvalue weighted by atomic mass is 10.3. The van der Waals surface area contributed by atoms with E-state index in [0.717, 1.165) is 17.3 Å². The molecule has 0 saturated heterocycles. The number of esters is 2. The Hall–Kier alpha value is -1.25. The van der Waals surface area contributed by atoms with E-state index in [-0.39, 0.29) is 11.9 Å². The molecule has 0 unspecified atom stereocenters. The van der Waals surface area contributed by atoms with E-state index in [1.807, 2.05) is 18.2 Å². The Morgan fingerprint density at radius 3 is 2.26 bits per heavy atom. The van der Waals surface area contributed by atoms with E-state index in [1.54, 1.807) is 27.8 Å². The van der Waals surface area contributed by atoms with Gasteiger partial charge in [0.05, 0.1) is 27.1 Å². The van der Waals surface area contributed by atoms with Gasteiger partial charge in [-0.15, -0.1) is 0 Å². The molecule has 0 aliphatic rings. The number of methoxy groups -OCH3 is 2. The smallest absolute Gasteiger partial charge is 0.306 e. The Kier molecular flexibility index (Phi) is 10.5. The van der Waals surface area contributed by atoms with Crippen molar-refractivity contribution < 1.29 is 19.1 Å². The van der Waals surface area contributed by atoms with Crippen molar-refractivity contribution in [1.82, 2.24) is 9.88 Å². The lowest BCUT2D eigenvalue weighted by Gasteiger charge is -2.20. The Labute approximate surface area is 144 Å². The molecule has 1 aromatic heterocycles. The molecule has 128 valence electrons. The van der Waals surface area contributed by atoms with Crippen molar-refractivity contribution >= 4 is 33.5 Å². The van der Waals surface area contributed by atoms with Crippen molar-refractivity contribution in [3.05, 3.63) is 24.4 Å². The van der Waals surface area contributed by atoms with Crippen LogP contribution in [-0.4, -0.2) is 61.4 Å². The summed E-state index contributed by atoms with van der Waals surface area (Å²) in [5.41, 5.74) is 0. The summed E-state index contributed by atoms with van der Waals surface area (Å²) in [7, 11) is 6.06. The third-order valence-electron chi connectivity index (χ3n) is 2.99. The summed E-state index contributed by atoms with van der Waals surface area (Å²) < 4.78 is 9.31. The number of nitrogens with zero attached hydrogens (tertiary/aromatic N) is 2. The zero-order valence-electron chi connectivity index (χ0n) is 13.4.